The van der Waals surface area contributed by atoms with Crippen LogP contribution in [0.2, 0.25) is 0 Å². The van der Waals surface area contributed by atoms with Crippen molar-refractivity contribution in [3.63, 3.8) is 0 Å². The number of fused-ring (bicyclic) bond motifs is 1. The highest BCUT2D eigenvalue weighted by molar-refractivity contribution is 8.01. The molecule has 0 radical (unpaired) electrons. The maximum atomic E-state index is 12.1. The maximum Gasteiger partial charge on any atom is 0.250 e. The first kappa shape index (κ1) is 22.8. The molecule has 33 heavy (non-hydrogen) atoms. The van der Waals surface area contributed by atoms with E-state index in [-0.39, 0.29) is 11.7 Å². The number of nitrogens with zero attached hydrogens (tertiary/aromatic N) is 2. The fourth-order valence-electron chi connectivity index (χ4n) is 3.06. The van der Waals surface area contributed by atoms with Crippen LogP contribution in [0.25, 0.3) is 10.2 Å². The molecular formula is C25H23N3O3S2. The van der Waals surface area contributed by atoms with Crippen LogP contribution in [0.3, 0.4) is 0 Å². The molecule has 1 heterocycles. The number of methoxy groups -OCH3 is 1. The van der Waals surface area contributed by atoms with E-state index in [0.29, 0.717) is 18.1 Å². The number of thiazole rings is 1. The van der Waals surface area contributed by atoms with Crippen LogP contribution in [0.4, 0.5) is 0 Å². The summed E-state index contributed by atoms with van der Waals surface area (Å²) in [5.41, 5.74) is 6.59. The molecular weight excluding hydrogens is 454 g/mol. The van der Waals surface area contributed by atoms with E-state index in [2.05, 4.69) is 28.5 Å². The molecule has 8 heteroatoms. The summed E-state index contributed by atoms with van der Waals surface area (Å²) in [4.78, 5) is 16.6. The minimum Gasteiger partial charge on any atom is -0.493 e. The molecule has 3 aromatic carbocycles. The van der Waals surface area contributed by atoms with Crippen LogP contribution in [-0.4, -0.2) is 30.0 Å². The second-order valence-electron chi connectivity index (χ2n) is 7.15. The topological polar surface area (TPSA) is 72.8 Å². The van der Waals surface area contributed by atoms with Gasteiger partial charge in [-0.1, -0.05) is 48.2 Å². The smallest absolute Gasteiger partial charge is 0.250 e. The van der Waals surface area contributed by atoms with Crippen molar-refractivity contribution in [2.45, 2.75) is 17.9 Å². The Morgan fingerprint density at radius 3 is 2.76 bits per heavy atom. The summed E-state index contributed by atoms with van der Waals surface area (Å²) in [5.74, 6) is 1.30. The van der Waals surface area contributed by atoms with Crippen molar-refractivity contribution >= 4 is 45.4 Å². The average Bonchev–Trinajstić information content (AvgIpc) is 3.26. The number of amides is 1. The number of thioether (sulfide) groups is 1. The van der Waals surface area contributed by atoms with E-state index in [4.69, 9.17) is 9.47 Å². The van der Waals surface area contributed by atoms with Crippen LogP contribution in [0.5, 0.6) is 11.5 Å². The van der Waals surface area contributed by atoms with Crippen molar-refractivity contribution in [1.82, 2.24) is 10.4 Å². The van der Waals surface area contributed by atoms with Crippen LogP contribution < -0.4 is 14.9 Å². The lowest BCUT2D eigenvalue weighted by Crippen LogP contribution is -2.19. The molecule has 1 aromatic heterocycles. The number of aromatic nitrogens is 1. The van der Waals surface area contributed by atoms with Crippen molar-refractivity contribution < 1.29 is 14.3 Å². The first-order chi connectivity index (χ1) is 16.1. The summed E-state index contributed by atoms with van der Waals surface area (Å²) in [5, 5.41) is 4.06. The minimum absolute atomic E-state index is 0.194. The zero-order valence-corrected chi connectivity index (χ0v) is 19.9. The Morgan fingerprint density at radius 1 is 1.12 bits per heavy atom. The van der Waals surface area contributed by atoms with Crippen LogP contribution >= 0.6 is 23.1 Å². The van der Waals surface area contributed by atoms with Crippen molar-refractivity contribution in [3.8, 4) is 11.5 Å². The number of hydrazone groups is 1. The van der Waals surface area contributed by atoms with Crippen LogP contribution in [-0.2, 0) is 11.4 Å². The predicted octanol–water partition coefficient (Wildman–Crippen LogP) is 5.43. The van der Waals surface area contributed by atoms with Gasteiger partial charge < -0.3 is 9.47 Å². The van der Waals surface area contributed by atoms with Gasteiger partial charge in [0.1, 0.15) is 6.61 Å². The van der Waals surface area contributed by atoms with Gasteiger partial charge in [0, 0.05) is 0 Å². The number of hydrogen-bond donors (Lipinski definition) is 1. The molecule has 0 bridgehead atoms. The highest BCUT2D eigenvalue weighted by Gasteiger charge is 2.08. The Labute approximate surface area is 200 Å². The van der Waals surface area contributed by atoms with E-state index >= 15 is 0 Å². The molecule has 0 atom stereocenters. The van der Waals surface area contributed by atoms with Crippen LogP contribution in [0.1, 0.15) is 16.7 Å². The zero-order chi connectivity index (χ0) is 23.0. The SMILES string of the molecule is COc1cc(/C=N/NC(=O)CSc2nc3ccccc3s2)ccc1OCc1ccccc1C. The first-order valence-electron chi connectivity index (χ1n) is 10.3. The van der Waals surface area contributed by atoms with Crippen LogP contribution in [0.15, 0.2) is 76.2 Å². The number of benzene rings is 3. The second-order valence-corrected chi connectivity index (χ2v) is 9.41. The Kier molecular flexibility index (Phi) is 7.59. The van der Waals surface area contributed by atoms with Crippen molar-refractivity contribution in [3.05, 3.63) is 83.4 Å². The van der Waals surface area contributed by atoms with Gasteiger partial charge in [0.2, 0.25) is 0 Å². The number of carbonyl (C=O) groups excluding carboxylic acids is 1. The zero-order valence-electron chi connectivity index (χ0n) is 18.3. The molecule has 0 fully saturated rings. The Hall–Kier alpha value is -3.36. The van der Waals surface area contributed by atoms with E-state index in [1.165, 1.54) is 17.3 Å². The van der Waals surface area contributed by atoms with Crippen molar-refractivity contribution in [2.75, 3.05) is 12.9 Å². The molecule has 0 spiro atoms. The maximum absolute atomic E-state index is 12.1. The summed E-state index contributed by atoms with van der Waals surface area (Å²) in [6, 6.07) is 21.5. The summed E-state index contributed by atoms with van der Waals surface area (Å²) in [7, 11) is 1.60. The first-order valence-corrected chi connectivity index (χ1v) is 12.1. The lowest BCUT2D eigenvalue weighted by Gasteiger charge is -2.12. The lowest BCUT2D eigenvalue weighted by atomic mass is 10.1. The summed E-state index contributed by atoms with van der Waals surface area (Å²) in [6.45, 7) is 2.51. The summed E-state index contributed by atoms with van der Waals surface area (Å²) in [6.07, 6.45) is 1.58. The van der Waals surface area contributed by atoms with E-state index in [1.54, 1.807) is 24.7 Å². The quantitative estimate of drug-likeness (QED) is 0.198. The second kappa shape index (κ2) is 11.0. The van der Waals surface area contributed by atoms with Crippen molar-refractivity contribution in [1.29, 1.82) is 0 Å². The van der Waals surface area contributed by atoms with E-state index in [9.17, 15) is 4.79 Å². The molecule has 0 aliphatic heterocycles. The molecule has 4 aromatic rings. The van der Waals surface area contributed by atoms with Gasteiger partial charge in [0.25, 0.3) is 5.91 Å². The minimum atomic E-state index is -0.194. The Balaban J connectivity index is 1.30. The van der Waals surface area contributed by atoms with Crippen LogP contribution in [0, 0.1) is 6.92 Å². The normalized spacial score (nSPS) is 11.1. The highest BCUT2D eigenvalue weighted by atomic mass is 32.2. The van der Waals surface area contributed by atoms with E-state index in [1.807, 2.05) is 60.7 Å². The molecule has 1 N–H and O–H groups in total. The molecule has 0 aliphatic carbocycles. The Morgan fingerprint density at radius 2 is 1.94 bits per heavy atom. The lowest BCUT2D eigenvalue weighted by molar-refractivity contribution is -0.118. The van der Waals surface area contributed by atoms with E-state index in [0.717, 1.165) is 25.7 Å². The average molecular weight is 478 g/mol. The number of nitrogens with one attached hydrogen (secondary N) is 1. The number of para-hydroxylation sites is 1. The summed E-state index contributed by atoms with van der Waals surface area (Å²) >= 11 is 2.97. The fraction of sp³-hybridized carbons (Fsp3) is 0.160. The molecule has 4 rings (SSSR count). The van der Waals surface area contributed by atoms with Crippen molar-refractivity contribution in [2.24, 2.45) is 5.10 Å². The van der Waals surface area contributed by atoms with Gasteiger partial charge in [-0.05, 0) is 53.9 Å². The predicted molar refractivity (Wildman–Crippen MR) is 135 cm³/mol. The van der Waals surface area contributed by atoms with E-state index < -0.39 is 0 Å². The highest BCUT2D eigenvalue weighted by Crippen LogP contribution is 2.30. The van der Waals surface area contributed by atoms with Gasteiger partial charge in [0.05, 0.1) is 29.3 Å². The fourth-order valence-corrected chi connectivity index (χ4v) is 4.92. The largest absolute Gasteiger partial charge is 0.493 e. The van der Waals surface area contributed by atoms with Gasteiger partial charge in [-0.2, -0.15) is 5.10 Å². The van der Waals surface area contributed by atoms with Gasteiger partial charge in [-0.3, -0.25) is 4.79 Å². The third-order valence-electron chi connectivity index (χ3n) is 4.84. The van der Waals surface area contributed by atoms with Gasteiger partial charge in [0.15, 0.2) is 15.8 Å². The molecule has 0 unspecified atom stereocenters. The standard InChI is InChI=1S/C25H23N3O3S2/c1-17-7-3-4-8-19(17)15-31-21-12-11-18(13-22(21)30-2)14-26-28-24(29)16-32-25-27-20-9-5-6-10-23(20)33-25/h3-14H,15-16H2,1-2H3,(H,28,29)/b26-14+. The number of hydrogen-bond acceptors (Lipinski definition) is 7. The number of aryl methyl sites for hydroxylation is 1. The molecule has 0 saturated heterocycles. The Bertz CT molecular complexity index is 1250. The molecule has 1 amide bonds. The third kappa shape index (κ3) is 6.12. The summed E-state index contributed by atoms with van der Waals surface area (Å²) < 4.78 is 13.4. The van der Waals surface area contributed by atoms with Gasteiger partial charge in [-0.15, -0.1) is 11.3 Å². The number of ether oxygens (including phenoxy) is 2. The third-order valence-corrected chi connectivity index (χ3v) is 7.02. The molecule has 0 aliphatic rings. The molecule has 6 nitrogen and oxygen atoms in total. The van der Waals surface area contributed by atoms with Gasteiger partial charge in [-0.25, -0.2) is 10.4 Å². The van der Waals surface area contributed by atoms with Gasteiger partial charge >= 0.3 is 0 Å². The monoisotopic (exact) mass is 477 g/mol. The molecule has 168 valence electrons. The number of rotatable bonds is 9. The number of carbonyl (C=O) groups is 1. The molecule has 0 saturated carbocycles.